The normalized spacial score (nSPS) is 11.0. The molecule has 0 spiro atoms. The first-order valence-corrected chi connectivity index (χ1v) is 9.66. The molecule has 2 aromatic carbocycles. The highest BCUT2D eigenvalue weighted by atomic mass is 127. The number of nitrogens with one attached hydrogen (secondary N) is 2. The van der Waals surface area contributed by atoms with Gasteiger partial charge in [-0.05, 0) is 71.5 Å². The molecule has 0 saturated heterocycles. The number of carbonyl (C=O) groups is 2. The van der Waals surface area contributed by atoms with Crippen LogP contribution in [-0.4, -0.2) is 16.8 Å². The number of pyridine rings is 1. The third kappa shape index (κ3) is 5.26. The van der Waals surface area contributed by atoms with Crippen molar-refractivity contribution in [1.82, 2.24) is 10.3 Å². The standard InChI is InChI=1S/C22H18IN3O2/c1-15-8-10-17(11-9-15)21(27)26-20(13-16-5-4-12-24-14-16)22(28)25-19-7-3-2-6-18(19)23/h2-14H,1H3,(H,25,28)(H,26,27). The Labute approximate surface area is 177 Å². The molecule has 28 heavy (non-hydrogen) atoms. The summed E-state index contributed by atoms with van der Waals surface area (Å²) in [6, 6.07) is 18.2. The summed E-state index contributed by atoms with van der Waals surface area (Å²) in [6.07, 6.45) is 4.87. The van der Waals surface area contributed by atoms with Crippen LogP contribution in [0.25, 0.3) is 6.08 Å². The van der Waals surface area contributed by atoms with Crippen LogP contribution in [0.1, 0.15) is 21.5 Å². The molecular weight excluding hydrogens is 465 g/mol. The third-order valence-corrected chi connectivity index (χ3v) is 4.86. The number of hydrogen-bond donors (Lipinski definition) is 2. The molecule has 0 unspecified atom stereocenters. The minimum Gasteiger partial charge on any atom is -0.320 e. The number of aromatic nitrogens is 1. The lowest BCUT2D eigenvalue weighted by atomic mass is 10.1. The van der Waals surface area contributed by atoms with E-state index in [0.717, 1.165) is 9.13 Å². The van der Waals surface area contributed by atoms with Crippen LogP contribution in [0.3, 0.4) is 0 Å². The van der Waals surface area contributed by atoms with Gasteiger partial charge in [0.05, 0.1) is 5.69 Å². The minimum atomic E-state index is -0.409. The molecule has 2 amide bonds. The van der Waals surface area contributed by atoms with E-state index in [1.165, 1.54) is 0 Å². The van der Waals surface area contributed by atoms with E-state index < -0.39 is 5.91 Å². The van der Waals surface area contributed by atoms with Crippen molar-refractivity contribution < 1.29 is 9.59 Å². The van der Waals surface area contributed by atoms with Crippen LogP contribution >= 0.6 is 22.6 Å². The van der Waals surface area contributed by atoms with Gasteiger partial charge in [-0.1, -0.05) is 35.9 Å². The number of amides is 2. The smallest absolute Gasteiger partial charge is 0.272 e. The van der Waals surface area contributed by atoms with Gasteiger partial charge in [0, 0.05) is 21.5 Å². The van der Waals surface area contributed by atoms with Gasteiger partial charge < -0.3 is 10.6 Å². The van der Waals surface area contributed by atoms with Crippen LogP contribution in [0.4, 0.5) is 5.69 Å². The SMILES string of the molecule is Cc1ccc(C(=O)NC(=Cc2cccnc2)C(=O)Nc2ccccc2I)cc1. The lowest BCUT2D eigenvalue weighted by Gasteiger charge is -2.12. The van der Waals surface area contributed by atoms with Crippen LogP contribution in [0.2, 0.25) is 0 Å². The Bertz CT molecular complexity index is 1020. The Hall–Kier alpha value is -3.00. The van der Waals surface area contributed by atoms with E-state index in [4.69, 9.17) is 0 Å². The zero-order valence-electron chi connectivity index (χ0n) is 15.1. The van der Waals surface area contributed by atoms with E-state index in [9.17, 15) is 9.59 Å². The number of para-hydroxylation sites is 1. The second kappa shape index (κ2) is 9.27. The van der Waals surface area contributed by atoms with Crippen molar-refractivity contribution in [2.75, 3.05) is 5.32 Å². The summed E-state index contributed by atoms with van der Waals surface area (Å²) < 4.78 is 0.902. The second-order valence-corrected chi connectivity index (χ2v) is 7.26. The summed E-state index contributed by atoms with van der Waals surface area (Å²) in [5.74, 6) is -0.763. The average molecular weight is 483 g/mol. The Balaban J connectivity index is 1.87. The molecule has 0 fully saturated rings. The highest BCUT2D eigenvalue weighted by Gasteiger charge is 2.16. The van der Waals surface area contributed by atoms with Crippen LogP contribution < -0.4 is 10.6 Å². The Morgan fingerprint density at radius 2 is 1.75 bits per heavy atom. The predicted octanol–water partition coefficient (Wildman–Crippen LogP) is 4.40. The van der Waals surface area contributed by atoms with Crippen molar-refractivity contribution in [1.29, 1.82) is 0 Å². The van der Waals surface area contributed by atoms with Crippen LogP contribution in [0.15, 0.2) is 78.8 Å². The average Bonchev–Trinajstić information content (AvgIpc) is 2.70. The number of aryl methyl sites for hydroxylation is 1. The topological polar surface area (TPSA) is 71.1 Å². The van der Waals surface area contributed by atoms with Gasteiger partial charge in [-0.3, -0.25) is 14.6 Å². The molecule has 1 aromatic heterocycles. The number of halogens is 1. The number of nitrogens with zero attached hydrogens (tertiary/aromatic N) is 1. The second-order valence-electron chi connectivity index (χ2n) is 6.10. The number of rotatable bonds is 5. The molecule has 0 atom stereocenters. The van der Waals surface area contributed by atoms with Crippen LogP contribution in [0, 0.1) is 10.5 Å². The van der Waals surface area contributed by atoms with Crippen LogP contribution in [-0.2, 0) is 4.79 Å². The molecule has 0 aliphatic carbocycles. The molecule has 5 nitrogen and oxygen atoms in total. The molecule has 0 bridgehead atoms. The largest absolute Gasteiger partial charge is 0.320 e. The number of anilines is 1. The van der Waals surface area contributed by atoms with E-state index in [-0.39, 0.29) is 11.6 Å². The highest BCUT2D eigenvalue weighted by molar-refractivity contribution is 14.1. The predicted molar refractivity (Wildman–Crippen MR) is 119 cm³/mol. The monoisotopic (exact) mass is 483 g/mol. The fourth-order valence-corrected chi connectivity index (χ4v) is 2.96. The zero-order valence-corrected chi connectivity index (χ0v) is 17.3. The van der Waals surface area contributed by atoms with Crippen molar-refractivity contribution in [3.05, 3.63) is 99.0 Å². The summed E-state index contributed by atoms with van der Waals surface area (Å²) in [5.41, 5.74) is 3.05. The molecule has 0 aliphatic heterocycles. The van der Waals surface area contributed by atoms with E-state index in [0.29, 0.717) is 16.8 Å². The highest BCUT2D eigenvalue weighted by Crippen LogP contribution is 2.18. The Morgan fingerprint density at radius 1 is 1.00 bits per heavy atom. The summed E-state index contributed by atoms with van der Waals surface area (Å²) >= 11 is 2.15. The molecule has 6 heteroatoms. The van der Waals surface area contributed by atoms with E-state index >= 15 is 0 Å². The summed E-state index contributed by atoms with van der Waals surface area (Å²) in [6.45, 7) is 1.95. The van der Waals surface area contributed by atoms with Crippen molar-refractivity contribution in [2.45, 2.75) is 6.92 Å². The van der Waals surface area contributed by atoms with Gasteiger partial charge in [-0.15, -0.1) is 0 Å². The van der Waals surface area contributed by atoms with E-state index in [1.807, 2.05) is 49.4 Å². The summed E-state index contributed by atoms with van der Waals surface area (Å²) in [7, 11) is 0. The zero-order chi connectivity index (χ0) is 19.9. The van der Waals surface area contributed by atoms with Crippen LogP contribution in [0.5, 0.6) is 0 Å². The Morgan fingerprint density at radius 3 is 2.43 bits per heavy atom. The number of benzene rings is 2. The van der Waals surface area contributed by atoms with Crippen molar-refractivity contribution in [2.24, 2.45) is 0 Å². The lowest BCUT2D eigenvalue weighted by Crippen LogP contribution is -2.31. The third-order valence-electron chi connectivity index (χ3n) is 3.92. The maximum atomic E-state index is 12.9. The van der Waals surface area contributed by atoms with Crippen molar-refractivity contribution >= 4 is 46.2 Å². The first-order valence-electron chi connectivity index (χ1n) is 8.58. The molecule has 2 N–H and O–H groups in total. The van der Waals surface area contributed by atoms with E-state index in [2.05, 4.69) is 38.2 Å². The first kappa shape index (κ1) is 19.8. The quantitative estimate of drug-likeness (QED) is 0.418. The summed E-state index contributed by atoms with van der Waals surface area (Å²) in [4.78, 5) is 29.6. The van der Waals surface area contributed by atoms with Gasteiger partial charge in [0.15, 0.2) is 0 Å². The minimum absolute atomic E-state index is 0.137. The Kier molecular flexibility index (Phi) is 6.54. The molecule has 3 rings (SSSR count). The molecule has 1 heterocycles. The van der Waals surface area contributed by atoms with Gasteiger partial charge in [0.25, 0.3) is 11.8 Å². The molecule has 0 aliphatic rings. The maximum absolute atomic E-state index is 12.9. The summed E-state index contributed by atoms with van der Waals surface area (Å²) in [5, 5.41) is 5.57. The molecule has 0 saturated carbocycles. The van der Waals surface area contributed by atoms with Gasteiger partial charge in [0.2, 0.25) is 0 Å². The van der Waals surface area contributed by atoms with Gasteiger partial charge in [-0.25, -0.2) is 0 Å². The number of hydrogen-bond acceptors (Lipinski definition) is 3. The first-order chi connectivity index (χ1) is 13.5. The molecule has 0 radical (unpaired) electrons. The lowest BCUT2D eigenvalue weighted by molar-refractivity contribution is -0.113. The van der Waals surface area contributed by atoms with E-state index in [1.54, 1.807) is 36.7 Å². The number of carbonyl (C=O) groups excluding carboxylic acids is 2. The molecule has 3 aromatic rings. The van der Waals surface area contributed by atoms with Crippen molar-refractivity contribution in [3.8, 4) is 0 Å². The molecule has 140 valence electrons. The van der Waals surface area contributed by atoms with Gasteiger partial charge in [-0.2, -0.15) is 0 Å². The maximum Gasteiger partial charge on any atom is 0.272 e. The van der Waals surface area contributed by atoms with Crippen molar-refractivity contribution in [3.63, 3.8) is 0 Å². The fraction of sp³-hybridized carbons (Fsp3) is 0.0455. The van der Waals surface area contributed by atoms with Gasteiger partial charge in [0.1, 0.15) is 5.70 Å². The molecular formula is C22H18IN3O2. The fourth-order valence-electron chi connectivity index (χ4n) is 2.44. The van der Waals surface area contributed by atoms with Gasteiger partial charge >= 0.3 is 0 Å².